The second-order valence-electron chi connectivity index (χ2n) is 8.73. The van der Waals surface area contributed by atoms with E-state index in [1.807, 2.05) is 12.1 Å². The Morgan fingerprint density at radius 3 is 2.00 bits per heavy atom. The van der Waals surface area contributed by atoms with Crippen LogP contribution in [0.1, 0.15) is 56.4 Å². The lowest BCUT2D eigenvalue weighted by molar-refractivity contribution is 0.367. The molecular weight excluding hydrogens is 376 g/mol. The van der Waals surface area contributed by atoms with E-state index in [0.717, 1.165) is 42.9 Å². The fraction of sp³-hybridized carbons (Fsp3) is 0.440. The lowest BCUT2D eigenvalue weighted by Gasteiger charge is -2.15. The summed E-state index contributed by atoms with van der Waals surface area (Å²) in [6, 6.07) is 6.58. The van der Waals surface area contributed by atoms with E-state index in [4.69, 9.17) is 0 Å². The summed E-state index contributed by atoms with van der Waals surface area (Å²) in [5, 5.41) is 0. The van der Waals surface area contributed by atoms with E-state index in [1.165, 1.54) is 31.7 Å². The van der Waals surface area contributed by atoms with Gasteiger partial charge in [-0.25, -0.2) is 17.6 Å². The van der Waals surface area contributed by atoms with Gasteiger partial charge in [-0.05, 0) is 97.9 Å². The number of halogens is 4. The Hall–Kier alpha value is -2.10. The van der Waals surface area contributed by atoms with Gasteiger partial charge in [0.1, 0.15) is 5.82 Å². The van der Waals surface area contributed by atoms with Crippen molar-refractivity contribution >= 4 is 0 Å². The molecule has 0 radical (unpaired) electrons. The molecule has 29 heavy (non-hydrogen) atoms. The summed E-state index contributed by atoms with van der Waals surface area (Å²) < 4.78 is 55.0. The molecule has 0 spiro atoms. The molecule has 4 heteroatoms. The van der Waals surface area contributed by atoms with Gasteiger partial charge in [0.25, 0.3) is 0 Å². The molecule has 0 N–H and O–H groups in total. The van der Waals surface area contributed by atoms with Crippen LogP contribution in [0.4, 0.5) is 17.6 Å². The van der Waals surface area contributed by atoms with Gasteiger partial charge in [-0.15, -0.1) is 6.58 Å². The summed E-state index contributed by atoms with van der Waals surface area (Å²) >= 11 is 0. The zero-order valence-electron chi connectivity index (χ0n) is 16.4. The van der Waals surface area contributed by atoms with Crippen molar-refractivity contribution in [2.24, 2.45) is 17.8 Å². The van der Waals surface area contributed by atoms with Crippen molar-refractivity contribution < 1.29 is 17.6 Å². The monoisotopic (exact) mass is 402 g/mol. The number of hydrogen-bond acceptors (Lipinski definition) is 0. The van der Waals surface area contributed by atoms with Gasteiger partial charge in [0.05, 0.1) is 0 Å². The first kappa shape index (κ1) is 20.2. The largest absolute Gasteiger partial charge is 0.206 e. The van der Waals surface area contributed by atoms with E-state index in [2.05, 4.69) is 6.58 Å². The van der Waals surface area contributed by atoms with Crippen LogP contribution in [0.5, 0.6) is 0 Å². The van der Waals surface area contributed by atoms with Crippen molar-refractivity contribution in [3.05, 3.63) is 71.8 Å². The summed E-state index contributed by atoms with van der Waals surface area (Å²) in [5.41, 5.74) is 1.05. The molecule has 0 amide bonds. The molecule has 2 aliphatic carbocycles. The molecular formula is C25H26F4. The van der Waals surface area contributed by atoms with E-state index in [0.29, 0.717) is 17.8 Å². The summed E-state index contributed by atoms with van der Waals surface area (Å²) in [6.07, 6.45) is 10.2. The van der Waals surface area contributed by atoms with Gasteiger partial charge >= 0.3 is 0 Å². The van der Waals surface area contributed by atoms with Crippen LogP contribution in [-0.4, -0.2) is 0 Å². The minimum Gasteiger partial charge on any atom is -0.206 e. The quantitative estimate of drug-likeness (QED) is 0.278. The topological polar surface area (TPSA) is 0 Å². The van der Waals surface area contributed by atoms with Gasteiger partial charge in [0.2, 0.25) is 0 Å². The zero-order chi connectivity index (χ0) is 20.5. The number of rotatable bonds is 4. The molecule has 4 rings (SSSR count). The van der Waals surface area contributed by atoms with Crippen LogP contribution in [0.2, 0.25) is 0 Å². The molecule has 0 heterocycles. The fourth-order valence-corrected chi connectivity index (χ4v) is 5.44. The lowest BCUT2D eigenvalue weighted by Crippen LogP contribution is -2.04. The normalized spacial score (nSPS) is 26.8. The Balaban J connectivity index is 1.50. The van der Waals surface area contributed by atoms with Crippen LogP contribution in [0, 0.1) is 41.0 Å². The predicted molar refractivity (Wildman–Crippen MR) is 107 cm³/mol. The number of benzene rings is 2. The molecule has 0 aliphatic heterocycles. The third-order valence-electron chi connectivity index (χ3n) is 6.99. The van der Waals surface area contributed by atoms with Crippen molar-refractivity contribution in [1.82, 2.24) is 0 Å². The first-order chi connectivity index (χ1) is 14.0. The lowest BCUT2D eigenvalue weighted by atomic mass is 9.90. The van der Waals surface area contributed by atoms with Crippen LogP contribution in [0.25, 0.3) is 11.1 Å². The Kier molecular flexibility index (Phi) is 5.80. The highest BCUT2D eigenvalue weighted by atomic mass is 19.2. The first-order valence-corrected chi connectivity index (χ1v) is 10.5. The molecule has 2 saturated carbocycles. The van der Waals surface area contributed by atoms with Crippen molar-refractivity contribution in [1.29, 1.82) is 0 Å². The molecule has 0 bridgehead atoms. The summed E-state index contributed by atoms with van der Waals surface area (Å²) in [4.78, 5) is 0. The third-order valence-corrected chi connectivity index (χ3v) is 6.99. The number of allylic oxidation sites excluding steroid dienone is 1. The van der Waals surface area contributed by atoms with Gasteiger partial charge in [-0.1, -0.05) is 18.2 Å². The van der Waals surface area contributed by atoms with Crippen molar-refractivity contribution in [3.8, 4) is 11.1 Å². The molecule has 2 aromatic rings. The first-order valence-electron chi connectivity index (χ1n) is 10.5. The highest BCUT2D eigenvalue weighted by Crippen LogP contribution is 2.49. The van der Waals surface area contributed by atoms with E-state index in [9.17, 15) is 17.6 Å². The summed E-state index contributed by atoms with van der Waals surface area (Å²) in [5.74, 6) is -2.22. The molecule has 2 fully saturated rings. The Morgan fingerprint density at radius 2 is 1.45 bits per heavy atom. The molecule has 2 aliphatic rings. The standard InChI is InChI=1S/C25H26F4/c1-2-3-15-4-6-16-10-19(11-17(16)7-5-15)18-8-9-21(22(26)12-18)20-13-23(27)25(29)24(28)14-20/h2,8-9,12-17,19H,1,3-7,10-11H2. The second-order valence-corrected chi connectivity index (χ2v) is 8.73. The van der Waals surface area contributed by atoms with Crippen LogP contribution >= 0.6 is 0 Å². The maximum atomic E-state index is 14.8. The molecule has 2 unspecified atom stereocenters. The molecule has 0 aromatic heterocycles. The van der Waals surface area contributed by atoms with E-state index in [1.54, 1.807) is 6.07 Å². The number of hydrogen-bond donors (Lipinski definition) is 0. The van der Waals surface area contributed by atoms with Crippen molar-refractivity contribution in [2.75, 3.05) is 0 Å². The zero-order valence-corrected chi connectivity index (χ0v) is 16.4. The highest BCUT2D eigenvalue weighted by Gasteiger charge is 2.36. The van der Waals surface area contributed by atoms with Gasteiger partial charge in [-0.2, -0.15) is 0 Å². The predicted octanol–water partition coefficient (Wildman–Crippen LogP) is 7.79. The third kappa shape index (κ3) is 4.12. The van der Waals surface area contributed by atoms with Gasteiger partial charge < -0.3 is 0 Å². The van der Waals surface area contributed by atoms with Gasteiger partial charge in [-0.3, -0.25) is 0 Å². The van der Waals surface area contributed by atoms with E-state index < -0.39 is 23.3 Å². The van der Waals surface area contributed by atoms with E-state index in [-0.39, 0.29) is 11.1 Å². The molecule has 0 nitrogen and oxygen atoms in total. The molecule has 154 valence electrons. The molecule has 2 aromatic carbocycles. The summed E-state index contributed by atoms with van der Waals surface area (Å²) in [7, 11) is 0. The van der Waals surface area contributed by atoms with Crippen LogP contribution < -0.4 is 0 Å². The Labute approximate surface area is 169 Å². The van der Waals surface area contributed by atoms with E-state index >= 15 is 0 Å². The Bertz CT molecular complexity index is 865. The van der Waals surface area contributed by atoms with Crippen LogP contribution in [-0.2, 0) is 0 Å². The molecule has 0 saturated heterocycles. The van der Waals surface area contributed by atoms with Crippen molar-refractivity contribution in [2.45, 2.75) is 50.9 Å². The fourth-order valence-electron chi connectivity index (χ4n) is 5.44. The van der Waals surface area contributed by atoms with Crippen LogP contribution in [0.3, 0.4) is 0 Å². The molecule has 2 atom stereocenters. The summed E-state index contributed by atoms with van der Waals surface area (Å²) in [6.45, 7) is 3.86. The maximum absolute atomic E-state index is 14.8. The van der Waals surface area contributed by atoms with Crippen LogP contribution in [0.15, 0.2) is 43.0 Å². The number of fused-ring (bicyclic) bond motifs is 1. The highest BCUT2D eigenvalue weighted by molar-refractivity contribution is 5.65. The van der Waals surface area contributed by atoms with Crippen molar-refractivity contribution in [3.63, 3.8) is 0 Å². The smallest absolute Gasteiger partial charge is 0.194 e. The van der Waals surface area contributed by atoms with Gasteiger partial charge in [0, 0.05) is 5.56 Å². The average molecular weight is 402 g/mol. The Morgan fingerprint density at radius 1 is 0.828 bits per heavy atom. The SMILES string of the molecule is C=CCC1CCC2CC(c3ccc(-c4cc(F)c(F)c(F)c4)c(F)c3)CC2CC1. The second kappa shape index (κ2) is 8.33. The van der Waals surface area contributed by atoms with Gasteiger partial charge in [0.15, 0.2) is 17.5 Å². The minimum absolute atomic E-state index is 0.00953. The maximum Gasteiger partial charge on any atom is 0.194 e. The average Bonchev–Trinajstić information content (AvgIpc) is 3.02. The minimum atomic E-state index is -1.54.